The molecular formula is C28H32F3N6O3Se. The molecule has 1 aromatic carbocycles. The number of anilines is 2. The predicted molar refractivity (Wildman–Crippen MR) is 152 cm³/mol. The van der Waals surface area contributed by atoms with Crippen molar-refractivity contribution < 1.29 is 25.8 Å². The molecule has 2 fully saturated rings. The van der Waals surface area contributed by atoms with E-state index in [1.165, 1.54) is 23.9 Å². The Morgan fingerprint density at radius 2 is 2.12 bits per heavy atom. The van der Waals surface area contributed by atoms with Crippen molar-refractivity contribution in [1.29, 1.82) is 0 Å². The van der Waals surface area contributed by atoms with Crippen LogP contribution in [0.2, 0.25) is 0 Å². The Kier molecular flexibility index (Phi) is 8.66. The van der Waals surface area contributed by atoms with Crippen molar-refractivity contribution in [3.8, 4) is 17.6 Å². The van der Waals surface area contributed by atoms with Crippen molar-refractivity contribution in [2.75, 3.05) is 57.6 Å². The normalized spacial score (nSPS) is 20.2. The van der Waals surface area contributed by atoms with Gasteiger partial charge in [0.25, 0.3) is 0 Å². The van der Waals surface area contributed by atoms with Gasteiger partial charge in [0, 0.05) is 0 Å². The molecule has 2 aliphatic rings. The molecule has 1 amide bonds. The summed E-state index contributed by atoms with van der Waals surface area (Å²) >= 11 is -4.14. The fourth-order valence-electron chi connectivity index (χ4n) is 4.92. The molecule has 3 aromatic rings. The fraction of sp³-hybridized carbons (Fsp3) is 0.429. The van der Waals surface area contributed by atoms with E-state index in [1.54, 1.807) is 24.3 Å². The van der Waals surface area contributed by atoms with Crippen LogP contribution in [0.5, 0.6) is 5.75 Å². The maximum atomic E-state index is 14.6. The zero-order valence-electron chi connectivity index (χ0n) is 23.0. The van der Waals surface area contributed by atoms with Crippen LogP contribution in [-0.4, -0.2) is 99.8 Å². The van der Waals surface area contributed by atoms with E-state index in [0.717, 1.165) is 6.54 Å². The van der Waals surface area contributed by atoms with E-state index in [0.29, 0.717) is 54.5 Å². The Hall–Kier alpha value is -3.43. The molecule has 9 nitrogen and oxygen atoms in total. The van der Waals surface area contributed by atoms with Crippen LogP contribution in [0.4, 0.5) is 23.0 Å². The number of likely N-dealkylation sites (tertiary alicyclic amines) is 1. The Bertz CT molecular complexity index is 1490. The van der Waals surface area contributed by atoms with Crippen LogP contribution in [-0.2, 0) is 4.74 Å². The number of rotatable bonds is 8. The van der Waals surface area contributed by atoms with Gasteiger partial charge < -0.3 is 4.74 Å². The van der Waals surface area contributed by atoms with Crippen LogP contribution in [0.3, 0.4) is 0 Å². The Morgan fingerprint density at radius 1 is 1.32 bits per heavy atom. The molecule has 2 unspecified atom stereocenters. The first kappa shape index (κ1) is 29.1. The van der Waals surface area contributed by atoms with Gasteiger partial charge in [-0.15, -0.1) is 0 Å². The van der Waals surface area contributed by atoms with Gasteiger partial charge in [0.1, 0.15) is 0 Å². The van der Waals surface area contributed by atoms with Crippen LogP contribution in [0.15, 0.2) is 36.7 Å². The molecule has 41 heavy (non-hydrogen) atoms. The number of fused-ring (bicyclic) bond motifs is 1. The third kappa shape index (κ3) is 6.41. The third-order valence-electron chi connectivity index (χ3n) is 7.17. The van der Waals surface area contributed by atoms with Crippen molar-refractivity contribution in [3.63, 3.8) is 0 Å². The van der Waals surface area contributed by atoms with Gasteiger partial charge in [0.2, 0.25) is 0 Å². The fourth-order valence-corrected chi connectivity index (χ4v) is 6.15. The van der Waals surface area contributed by atoms with Gasteiger partial charge in [-0.3, -0.25) is 0 Å². The van der Waals surface area contributed by atoms with Crippen LogP contribution < -0.4 is 25.3 Å². The van der Waals surface area contributed by atoms with E-state index in [9.17, 15) is 16.3 Å². The number of amides is 1. The molecule has 219 valence electrons. The van der Waals surface area contributed by atoms with E-state index in [4.69, 9.17) is 9.47 Å². The van der Waals surface area contributed by atoms with Crippen molar-refractivity contribution in [3.05, 3.63) is 47.8 Å². The molecule has 4 heterocycles. The van der Waals surface area contributed by atoms with Gasteiger partial charge >= 0.3 is 217 Å². The SMILES string of the molecule is COc1ccc(C(=O)NC2(C)COC2)cc1NCC#Cc1cc2c(NC3CCN(C)CC3F)nccn2c1[Se](F)F. The van der Waals surface area contributed by atoms with Gasteiger partial charge in [-0.25, -0.2) is 0 Å². The molecule has 5 rings (SSSR count). The number of piperidine rings is 1. The summed E-state index contributed by atoms with van der Waals surface area (Å²) in [6.07, 6.45) is 2.39. The number of ether oxygens (including phenoxy) is 2. The number of hydrogen-bond donors (Lipinski definition) is 3. The number of aromatic nitrogens is 2. The first-order valence-electron chi connectivity index (χ1n) is 13.1. The van der Waals surface area contributed by atoms with Crippen molar-refractivity contribution in [1.82, 2.24) is 19.6 Å². The second-order valence-electron chi connectivity index (χ2n) is 10.5. The van der Waals surface area contributed by atoms with Crippen molar-refractivity contribution in [2.24, 2.45) is 0 Å². The van der Waals surface area contributed by atoms with Gasteiger partial charge in [-0.05, 0) is 6.92 Å². The number of benzene rings is 1. The average molecular weight is 637 g/mol. The monoisotopic (exact) mass is 637 g/mol. The van der Waals surface area contributed by atoms with E-state index >= 15 is 0 Å². The summed E-state index contributed by atoms with van der Waals surface area (Å²) in [5.41, 5.74) is 1.22. The molecule has 2 atom stereocenters. The molecule has 1 radical (unpaired) electrons. The standard InChI is InChI=1S/C28H32F3N6O3Se/c1-28(16-40-17-28)35-26(38)18-6-7-24(39-3)22(13-18)32-9-4-5-19-14-23-25(33-10-12-37(23)27(19)41(30)31)34-21-8-11-36(2)15-20(21)29/h6-7,10,12-14,20-21,32H,8-9,11,15-17H2,1-3H3,(H,33,34)(H,35,38). The summed E-state index contributed by atoms with van der Waals surface area (Å²) in [6.45, 7) is 3.96. The Morgan fingerprint density at radius 3 is 2.80 bits per heavy atom. The minimum atomic E-state index is -4.14. The summed E-state index contributed by atoms with van der Waals surface area (Å²) in [5, 5.41) is 9.21. The van der Waals surface area contributed by atoms with E-state index < -0.39 is 32.6 Å². The number of hydrogen-bond acceptors (Lipinski definition) is 7. The number of methoxy groups -OCH3 is 1. The summed E-state index contributed by atoms with van der Waals surface area (Å²) < 4.78 is 55.1. The zero-order valence-corrected chi connectivity index (χ0v) is 24.7. The number of nitrogens with one attached hydrogen (secondary N) is 3. The molecule has 2 saturated heterocycles. The third-order valence-corrected chi connectivity index (χ3v) is 8.66. The zero-order chi connectivity index (χ0) is 29.1. The van der Waals surface area contributed by atoms with Gasteiger partial charge in [-0.2, -0.15) is 0 Å². The second kappa shape index (κ2) is 12.2. The molecule has 3 N–H and O–H groups in total. The molecule has 0 aliphatic carbocycles. The summed E-state index contributed by atoms with van der Waals surface area (Å²) in [5.74, 6) is 6.40. The topological polar surface area (TPSA) is 92.2 Å². The Balaban J connectivity index is 1.34. The van der Waals surface area contributed by atoms with Crippen LogP contribution in [0.1, 0.15) is 29.3 Å². The predicted octanol–water partition coefficient (Wildman–Crippen LogP) is 2.41. The number of halogens is 3. The first-order valence-corrected chi connectivity index (χ1v) is 15.3. The van der Waals surface area contributed by atoms with E-state index in [-0.39, 0.29) is 22.6 Å². The number of carbonyl (C=O) groups excluding carboxylic acids is 1. The summed E-state index contributed by atoms with van der Waals surface area (Å²) in [6, 6.07) is 6.12. The van der Waals surface area contributed by atoms with E-state index in [1.807, 2.05) is 18.9 Å². The average Bonchev–Trinajstić information content (AvgIpc) is 3.31. The number of alkyl halides is 1. The number of nitrogens with zero attached hydrogens (tertiary/aromatic N) is 3. The van der Waals surface area contributed by atoms with Crippen LogP contribution >= 0.6 is 0 Å². The maximum absolute atomic E-state index is 14.6. The minimum absolute atomic E-state index is 0.115. The number of carbonyl (C=O) groups is 1. The molecule has 2 aromatic heterocycles. The van der Waals surface area contributed by atoms with Gasteiger partial charge in [-0.1, -0.05) is 0 Å². The van der Waals surface area contributed by atoms with Gasteiger partial charge in [0.05, 0.1) is 13.2 Å². The summed E-state index contributed by atoms with van der Waals surface area (Å²) in [4.78, 5) is 19.0. The summed E-state index contributed by atoms with van der Waals surface area (Å²) in [7, 11) is 3.38. The first-order chi connectivity index (χ1) is 19.7. The van der Waals surface area contributed by atoms with Crippen molar-refractivity contribution in [2.45, 2.75) is 31.1 Å². The molecule has 0 bridgehead atoms. The van der Waals surface area contributed by atoms with Crippen LogP contribution in [0, 0.1) is 11.8 Å². The van der Waals surface area contributed by atoms with Crippen LogP contribution in [0.25, 0.3) is 5.52 Å². The van der Waals surface area contributed by atoms with Crippen molar-refractivity contribution >= 4 is 42.3 Å². The molecule has 13 heteroatoms. The second-order valence-corrected chi connectivity index (χ2v) is 12.2. The molecule has 0 spiro atoms. The van der Waals surface area contributed by atoms with Gasteiger partial charge in [0.15, 0.2) is 0 Å². The Labute approximate surface area is 241 Å². The molecule has 2 aliphatic heterocycles. The van der Waals surface area contributed by atoms with E-state index in [2.05, 4.69) is 32.8 Å². The quantitative estimate of drug-likeness (QED) is 0.259. The molecular weight excluding hydrogens is 604 g/mol. The molecule has 0 saturated carbocycles.